The Hall–Kier alpha value is -3.62. The summed E-state index contributed by atoms with van der Waals surface area (Å²) in [5, 5.41) is 18.2. The van der Waals surface area contributed by atoms with Crippen molar-refractivity contribution in [2.75, 3.05) is 5.73 Å². The number of pyridine rings is 1. The predicted molar refractivity (Wildman–Crippen MR) is 84.6 cm³/mol. The standard InChI is InChI=1S/C15H13N7O2/c16-10-4-6-11(7-5-10)24-15(23)18-9-13-19-21-14(22-20-13)12-3-1-2-8-17-12/h1-8H,9,16H2,(H,18,23). The molecule has 0 atom stereocenters. The van der Waals surface area contributed by atoms with Crippen LogP contribution in [0.4, 0.5) is 10.5 Å². The monoisotopic (exact) mass is 323 g/mol. The Kier molecular flexibility index (Phi) is 4.52. The minimum Gasteiger partial charge on any atom is -0.410 e. The van der Waals surface area contributed by atoms with E-state index in [4.69, 9.17) is 10.5 Å². The third-order valence-corrected chi connectivity index (χ3v) is 2.90. The molecule has 0 saturated carbocycles. The summed E-state index contributed by atoms with van der Waals surface area (Å²) < 4.78 is 5.07. The van der Waals surface area contributed by atoms with Gasteiger partial charge in [-0.2, -0.15) is 0 Å². The molecule has 24 heavy (non-hydrogen) atoms. The number of rotatable bonds is 4. The highest BCUT2D eigenvalue weighted by Crippen LogP contribution is 2.13. The molecule has 0 unspecified atom stereocenters. The van der Waals surface area contributed by atoms with Crippen LogP contribution in [0.15, 0.2) is 48.7 Å². The summed E-state index contributed by atoms with van der Waals surface area (Å²) >= 11 is 0. The fourth-order valence-electron chi connectivity index (χ4n) is 1.75. The Balaban J connectivity index is 1.54. The second kappa shape index (κ2) is 7.09. The largest absolute Gasteiger partial charge is 0.412 e. The number of carbonyl (C=O) groups is 1. The summed E-state index contributed by atoms with van der Waals surface area (Å²) in [4.78, 5) is 15.8. The molecule has 0 radical (unpaired) electrons. The maximum absolute atomic E-state index is 11.7. The molecular weight excluding hydrogens is 310 g/mol. The van der Waals surface area contributed by atoms with Crippen LogP contribution in [0.5, 0.6) is 5.75 Å². The van der Waals surface area contributed by atoms with Crippen LogP contribution in [0, 0.1) is 0 Å². The molecule has 9 nitrogen and oxygen atoms in total. The van der Waals surface area contributed by atoms with Crippen LogP contribution < -0.4 is 15.8 Å². The normalized spacial score (nSPS) is 10.2. The van der Waals surface area contributed by atoms with E-state index >= 15 is 0 Å². The second-order valence-electron chi connectivity index (χ2n) is 4.67. The number of nitrogens with two attached hydrogens (primary N) is 1. The molecular formula is C15H13N7O2. The van der Waals surface area contributed by atoms with Crippen LogP contribution in [-0.4, -0.2) is 31.5 Å². The smallest absolute Gasteiger partial charge is 0.410 e. The van der Waals surface area contributed by atoms with Gasteiger partial charge in [-0.15, -0.1) is 20.4 Å². The lowest BCUT2D eigenvalue weighted by atomic mass is 10.3. The number of nitrogens with one attached hydrogen (secondary N) is 1. The highest BCUT2D eigenvalue weighted by atomic mass is 16.6. The van der Waals surface area contributed by atoms with Crippen molar-refractivity contribution in [3.05, 3.63) is 54.5 Å². The zero-order chi connectivity index (χ0) is 16.8. The molecule has 3 aromatic rings. The molecule has 3 N–H and O–H groups in total. The minimum atomic E-state index is -0.642. The Morgan fingerprint density at radius 1 is 1.04 bits per heavy atom. The summed E-state index contributed by atoms with van der Waals surface area (Å²) in [5.41, 5.74) is 6.71. The highest BCUT2D eigenvalue weighted by molar-refractivity contribution is 5.70. The van der Waals surface area contributed by atoms with Crippen molar-refractivity contribution in [2.45, 2.75) is 6.54 Å². The molecule has 9 heteroatoms. The van der Waals surface area contributed by atoms with E-state index in [9.17, 15) is 4.79 Å². The Labute approximate surface area is 136 Å². The second-order valence-corrected chi connectivity index (χ2v) is 4.67. The maximum atomic E-state index is 11.7. The lowest BCUT2D eigenvalue weighted by Crippen LogP contribution is -2.27. The van der Waals surface area contributed by atoms with Gasteiger partial charge in [-0.05, 0) is 36.4 Å². The predicted octanol–water partition coefficient (Wildman–Crippen LogP) is 1.20. The quantitative estimate of drug-likeness (QED) is 0.685. The van der Waals surface area contributed by atoms with E-state index in [0.717, 1.165) is 0 Å². The molecule has 0 spiro atoms. The van der Waals surface area contributed by atoms with Crippen molar-refractivity contribution < 1.29 is 9.53 Å². The molecule has 1 amide bonds. The number of nitrogen functional groups attached to an aromatic ring is 1. The molecule has 3 rings (SSSR count). The summed E-state index contributed by atoms with van der Waals surface area (Å²) in [7, 11) is 0. The van der Waals surface area contributed by atoms with Gasteiger partial charge >= 0.3 is 6.09 Å². The van der Waals surface area contributed by atoms with Gasteiger partial charge in [-0.25, -0.2) is 4.79 Å². The number of hydrogen-bond donors (Lipinski definition) is 2. The highest BCUT2D eigenvalue weighted by Gasteiger charge is 2.08. The fraction of sp³-hybridized carbons (Fsp3) is 0.0667. The van der Waals surface area contributed by atoms with Gasteiger partial charge in [-0.1, -0.05) is 6.07 Å². The number of amides is 1. The van der Waals surface area contributed by atoms with E-state index in [1.54, 1.807) is 42.6 Å². The molecule has 2 aromatic heterocycles. The Morgan fingerprint density at radius 2 is 1.79 bits per heavy atom. The maximum Gasteiger partial charge on any atom is 0.412 e. The van der Waals surface area contributed by atoms with E-state index in [0.29, 0.717) is 23.0 Å². The number of nitrogens with zero attached hydrogens (tertiary/aromatic N) is 5. The molecule has 2 heterocycles. The van der Waals surface area contributed by atoms with Gasteiger partial charge in [0.15, 0.2) is 5.82 Å². The van der Waals surface area contributed by atoms with Crippen LogP contribution in [0.3, 0.4) is 0 Å². The van der Waals surface area contributed by atoms with Gasteiger partial charge in [0.2, 0.25) is 5.82 Å². The van der Waals surface area contributed by atoms with Crippen molar-refractivity contribution in [1.82, 2.24) is 30.7 Å². The first-order valence-corrected chi connectivity index (χ1v) is 6.99. The van der Waals surface area contributed by atoms with Crippen molar-refractivity contribution in [3.8, 4) is 17.3 Å². The third-order valence-electron chi connectivity index (χ3n) is 2.90. The van der Waals surface area contributed by atoms with E-state index in [1.165, 1.54) is 0 Å². The number of aromatic nitrogens is 5. The zero-order valence-corrected chi connectivity index (χ0v) is 12.5. The first kappa shape index (κ1) is 15.3. The molecule has 120 valence electrons. The summed E-state index contributed by atoms with van der Waals surface area (Å²) in [6, 6.07) is 11.8. The molecule has 0 aliphatic carbocycles. The lowest BCUT2D eigenvalue weighted by molar-refractivity contribution is 0.199. The summed E-state index contributed by atoms with van der Waals surface area (Å²) in [5.74, 6) is 0.942. The molecule has 0 aliphatic heterocycles. The van der Waals surface area contributed by atoms with Crippen LogP contribution in [0.1, 0.15) is 5.82 Å². The van der Waals surface area contributed by atoms with E-state index < -0.39 is 6.09 Å². The van der Waals surface area contributed by atoms with Gasteiger partial charge in [-0.3, -0.25) is 4.98 Å². The number of hydrogen-bond acceptors (Lipinski definition) is 8. The zero-order valence-electron chi connectivity index (χ0n) is 12.5. The molecule has 0 aliphatic rings. The minimum absolute atomic E-state index is 0.0380. The van der Waals surface area contributed by atoms with Crippen molar-refractivity contribution in [3.63, 3.8) is 0 Å². The Morgan fingerprint density at radius 3 is 2.46 bits per heavy atom. The van der Waals surface area contributed by atoms with Crippen LogP contribution in [0.2, 0.25) is 0 Å². The van der Waals surface area contributed by atoms with Crippen molar-refractivity contribution in [1.29, 1.82) is 0 Å². The number of benzene rings is 1. The molecule has 1 aromatic carbocycles. The fourth-order valence-corrected chi connectivity index (χ4v) is 1.75. The van der Waals surface area contributed by atoms with Crippen LogP contribution >= 0.6 is 0 Å². The van der Waals surface area contributed by atoms with E-state index in [2.05, 4.69) is 30.7 Å². The number of anilines is 1. The SMILES string of the molecule is Nc1ccc(OC(=O)NCc2nnc(-c3ccccn3)nn2)cc1. The van der Waals surface area contributed by atoms with Gasteiger partial charge in [0, 0.05) is 11.9 Å². The van der Waals surface area contributed by atoms with Gasteiger partial charge < -0.3 is 15.8 Å². The van der Waals surface area contributed by atoms with Crippen LogP contribution in [-0.2, 0) is 6.54 Å². The van der Waals surface area contributed by atoms with Gasteiger partial charge in [0.05, 0.1) is 6.54 Å². The Bertz CT molecular complexity index is 807. The molecule has 0 saturated heterocycles. The molecule has 0 fully saturated rings. The first-order valence-electron chi connectivity index (χ1n) is 6.99. The average molecular weight is 323 g/mol. The lowest BCUT2D eigenvalue weighted by Gasteiger charge is -2.05. The summed E-state index contributed by atoms with van der Waals surface area (Å²) in [6.07, 6.45) is 0.985. The first-order chi connectivity index (χ1) is 11.7. The topological polar surface area (TPSA) is 129 Å². The third kappa shape index (κ3) is 3.97. The van der Waals surface area contributed by atoms with Gasteiger partial charge in [0.1, 0.15) is 11.4 Å². The van der Waals surface area contributed by atoms with E-state index in [1.807, 2.05) is 6.07 Å². The average Bonchev–Trinajstić information content (AvgIpc) is 2.63. The van der Waals surface area contributed by atoms with Crippen LogP contribution in [0.25, 0.3) is 11.5 Å². The number of carbonyl (C=O) groups excluding carboxylic acids is 1. The van der Waals surface area contributed by atoms with Crippen molar-refractivity contribution in [2.24, 2.45) is 0 Å². The van der Waals surface area contributed by atoms with E-state index in [-0.39, 0.29) is 12.4 Å². The van der Waals surface area contributed by atoms with Crippen molar-refractivity contribution >= 4 is 11.8 Å². The van der Waals surface area contributed by atoms with Gasteiger partial charge in [0.25, 0.3) is 0 Å². The molecule has 0 bridgehead atoms. The number of ether oxygens (including phenoxy) is 1. The summed E-state index contributed by atoms with van der Waals surface area (Å²) in [6.45, 7) is 0.0380.